The molecule has 2 N–H and O–H groups in total. The first-order valence-electron chi connectivity index (χ1n) is 8.25. The summed E-state index contributed by atoms with van der Waals surface area (Å²) in [5.74, 6) is 1.11. The van der Waals surface area contributed by atoms with Gasteiger partial charge in [-0.05, 0) is 38.1 Å². The van der Waals surface area contributed by atoms with Crippen molar-refractivity contribution in [1.82, 2.24) is 5.32 Å². The molecule has 136 valence electrons. The van der Waals surface area contributed by atoms with Crippen LogP contribution in [0, 0.1) is 0 Å². The Bertz CT molecular complexity index is 819. The molecule has 0 unspecified atom stereocenters. The van der Waals surface area contributed by atoms with Crippen LogP contribution in [-0.2, 0) is 4.79 Å². The Morgan fingerprint density at radius 1 is 1.12 bits per heavy atom. The summed E-state index contributed by atoms with van der Waals surface area (Å²) in [5, 5.41) is 5.51. The summed E-state index contributed by atoms with van der Waals surface area (Å²) < 4.78 is 16.0. The number of benzene rings is 2. The highest BCUT2D eigenvalue weighted by molar-refractivity contribution is 6.04. The van der Waals surface area contributed by atoms with Crippen molar-refractivity contribution in [2.24, 2.45) is 0 Å². The van der Waals surface area contributed by atoms with Gasteiger partial charge >= 0.3 is 0 Å². The first-order valence-corrected chi connectivity index (χ1v) is 8.25. The molecule has 0 aliphatic carbocycles. The van der Waals surface area contributed by atoms with Crippen LogP contribution in [0.4, 0.5) is 5.69 Å². The van der Waals surface area contributed by atoms with Crippen molar-refractivity contribution in [1.29, 1.82) is 0 Å². The van der Waals surface area contributed by atoms with E-state index in [1.54, 1.807) is 42.5 Å². The number of nitrogens with one attached hydrogen (secondary N) is 2. The number of carbonyl (C=O) groups is 2. The normalized spacial score (nSPS) is 12.0. The van der Waals surface area contributed by atoms with Gasteiger partial charge in [-0.25, -0.2) is 0 Å². The second-order valence-electron chi connectivity index (χ2n) is 6.03. The van der Waals surface area contributed by atoms with Crippen LogP contribution < -0.4 is 24.8 Å². The van der Waals surface area contributed by atoms with E-state index in [2.05, 4.69) is 10.6 Å². The molecular formula is C19H20N2O5. The molecule has 7 heteroatoms. The maximum atomic E-state index is 12.2. The molecule has 3 rings (SSSR count). The van der Waals surface area contributed by atoms with Gasteiger partial charge in [-0.1, -0.05) is 12.1 Å². The lowest BCUT2D eigenvalue weighted by atomic mass is 10.1. The fourth-order valence-corrected chi connectivity index (χ4v) is 2.43. The van der Waals surface area contributed by atoms with E-state index >= 15 is 0 Å². The molecule has 0 aromatic heterocycles. The van der Waals surface area contributed by atoms with Gasteiger partial charge in [0.1, 0.15) is 5.75 Å². The second kappa shape index (κ2) is 7.77. The van der Waals surface area contributed by atoms with Crippen molar-refractivity contribution in [3.63, 3.8) is 0 Å². The Labute approximate surface area is 151 Å². The Hall–Kier alpha value is -3.22. The van der Waals surface area contributed by atoms with Crippen LogP contribution in [0.15, 0.2) is 42.5 Å². The van der Waals surface area contributed by atoms with Crippen molar-refractivity contribution in [3.05, 3.63) is 48.0 Å². The van der Waals surface area contributed by atoms with Crippen LogP contribution in [0.2, 0.25) is 0 Å². The highest BCUT2D eigenvalue weighted by Gasteiger charge is 2.16. The highest BCUT2D eigenvalue weighted by Crippen LogP contribution is 2.35. The van der Waals surface area contributed by atoms with Gasteiger partial charge in [-0.15, -0.1) is 0 Å². The number of fused-ring (bicyclic) bond motifs is 1. The summed E-state index contributed by atoms with van der Waals surface area (Å²) in [6, 6.07) is 11.9. The maximum absolute atomic E-state index is 12.2. The van der Waals surface area contributed by atoms with E-state index in [0.29, 0.717) is 28.5 Å². The largest absolute Gasteiger partial charge is 0.484 e. The maximum Gasteiger partial charge on any atom is 0.262 e. The molecule has 2 aromatic carbocycles. The third-order valence-corrected chi connectivity index (χ3v) is 3.58. The summed E-state index contributed by atoms with van der Waals surface area (Å²) in [7, 11) is 0. The SMILES string of the molecule is CC(C)NC(=O)c1ccccc1NC(=O)COc1ccc2c(c1)OCO2. The minimum atomic E-state index is -0.368. The zero-order chi connectivity index (χ0) is 18.5. The van der Waals surface area contributed by atoms with Crippen molar-refractivity contribution in [2.45, 2.75) is 19.9 Å². The van der Waals surface area contributed by atoms with Gasteiger partial charge in [0, 0.05) is 12.1 Å². The molecule has 1 aliphatic rings. The lowest BCUT2D eigenvalue weighted by Crippen LogP contribution is -2.31. The van der Waals surface area contributed by atoms with Gasteiger partial charge < -0.3 is 24.8 Å². The van der Waals surface area contributed by atoms with Crippen LogP contribution in [0.5, 0.6) is 17.2 Å². The first-order chi connectivity index (χ1) is 12.5. The molecular weight excluding hydrogens is 336 g/mol. The Morgan fingerprint density at radius 2 is 1.88 bits per heavy atom. The van der Waals surface area contributed by atoms with Gasteiger partial charge in [-0.2, -0.15) is 0 Å². The predicted molar refractivity (Wildman–Crippen MR) is 95.7 cm³/mol. The Kier molecular flexibility index (Phi) is 5.26. The second-order valence-corrected chi connectivity index (χ2v) is 6.03. The molecule has 0 saturated carbocycles. The predicted octanol–water partition coefficient (Wildman–Crippen LogP) is 2.57. The monoisotopic (exact) mass is 356 g/mol. The molecule has 0 fully saturated rings. The summed E-state index contributed by atoms with van der Waals surface area (Å²) in [6.45, 7) is 3.73. The van der Waals surface area contributed by atoms with Crippen LogP contribution in [0.25, 0.3) is 0 Å². The number of para-hydroxylation sites is 1. The van der Waals surface area contributed by atoms with E-state index < -0.39 is 0 Å². The molecule has 0 spiro atoms. The van der Waals surface area contributed by atoms with Gasteiger partial charge in [-0.3, -0.25) is 9.59 Å². The van der Waals surface area contributed by atoms with Crippen LogP contribution in [-0.4, -0.2) is 31.3 Å². The van der Waals surface area contributed by atoms with Crippen LogP contribution in [0.1, 0.15) is 24.2 Å². The third-order valence-electron chi connectivity index (χ3n) is 3.58. The van der Waals surface area contributed by atoms with Crippen LogP contribution in [0.3, 0.4) is 0 Å². The molecule has 0 bridgehead atoms. The summed E-state index contributed by atoms with van der Waals surface area (Å²) >= 11 is 0. The molecule has 2 aromatic rings. The van der Waals surface area contributed by atoms with E-state index in [9.17, 15) is 9.59 Å². The lowest BCUT2D eigenvalue weighted by molar-refractivity contribution is -0.118. The molecule has 2 amide bonds. The van der Waals surface area contributed by atoms with Crippen molar-refractivity contribution < 1.29 is 23.8 Å². The smallest absolute Gasteiger partial charge is 0.262 e. The Morgan fingerprint density at radius 3 is 2.69 bits per heavy atom. The van der Waals surface area contributed by atoms with E-state index in [4.69, 9.17) is 14.2 Å². The standard InChI is InChI=1S/C19H20N2O5/c1-12(2)20-19(23)14-5-3-4-6-15(14)21-18(22)10-24-13-7-8-16-17(9-13)26-11-25-16/h3-9,12H,10-11H2,1-2H3,(H,20,23)(H,21,22). The fourth-order valence-electron chi connectivity index (χ4n) is 2.43. The average molecular weight is 356 g/mol. The number of amides is 2. The van der Waals surface area contributed by atoms with E-state index in [1.165, 1.54) is 0 Å². The van der Waals surface area contributed by atoms with E-state index in [1.807, 2.05) is 13.8 Å². The molecule has 1 heterocycles. The number of carbonyl (C=O) groups excluding carboxylic acids is 2. The topological polar surface area (TPSA) is 85.9 Å². The van der Waals surface area contributed by atoms with Crippen molar-refractivity contribution >= 4 is 17.5 Å². The number of hydrogen-bond donors (Lipinski definition) is 2. The van der Waals surface area contributed by atoms with Gasteiger partial charge in [0.2, 0.25) is 6.79 Å². The lowest BCUT2D eigenvalue weighted by Gasteiger charge is -2.13. The molecule has 0 radical (unpaired) electrons. The zero-order valence-corrected chi connectivity index (χ0v) is 14.6. The highest BCUT2D eigenvalue weighted by atomic mass is 16.7. The average Bonchev–Trinajstić information content (AvgIpc) is 3.07. The van der Waals surface area contributed by atoms with Gasteiger partial charge in [0.15, 0.2) is 18.1 Å². The number of anilines is 1. The fraction of sp³-hybridized carbons (Fsp3) is 0.263. The number of rotatable bonds is 6. The molecule has 26 heavy (non-hydrogen) atoms. The van der Waals surface area contributed by atoms with Crippen molar-refractivity contribution in [3.8, 4) is 17.2 Å². The molecule has 7 nitrogen and oxygen atoms in total. The summed E-state index contributed by atoms with van der Waals surface area (Å²) in [5.41, 5.74) is 0.836. The number of hydrogen-bond acceptors (Lipinski definition) is 5. The molecule has 0 atom stereocenters. The number of ether oxygens (including phenoxy) is 3. The molecule has 1 aliphatic heterocycles. The van der Waals surface area contributed by atoms with Crippen LogP contribution >= 0.6 is 0 Å². The zero-order valence-electron chi connectivity index (χ0n) is 14.6. The quantitative estimate of drug-likeness (QED) is 0.831. The van der Waals surface area contributed by atoms with Gasteiger partial charge in [0.05, 0.1) is 11.3 Å². The first kappa shape index (κ1) is 17.6. The van der Waals surface area contributed by atoms with E-state index in [-0.39, 0.29) is 31.3 Å². The molecule has 0 saturated heterocycles. The minimum Gasteiger partial charge on any atom is -0.484 e. The third kappa shape index (κ3) is 4.24. The summed E-state index contributed by atoms with van der Waals surface area (Å²) in [6.07, 6.45) is 0. The minimum absolute atomic E-state index is 0.000554. The van der Waals surface area contributed by atoms with Crippen molar-refractivity contribution in [2.75, 3.05) is 18.7 Å². The summed E-state index contributed by atoms with van der Waals surface area (Å²) in [4.78, 5) is 24.4. The Balaban J connectivity index is 1.61. The van der Waals surface area contributed by atoms with Gasteiger partial charge in [0.25, 0.3) is 11.8 Å². The van der Waals surface area contributed by atoms with E-state index in [0.717, 1.165) is 0 Å².